The average Bonchev–Trinajstić information content (AvgIpc) is 2.85. The molecule has 0 saturated carbocycles. The van der Waals surface area contributed by atoms with Gasteiger partial charge in [-0.2, -0.15) is 10.5 Å². The number of aromatic nitrogens is 1. The number of nitrogens with two attached hydrogens (primary N) is 1. The normalized spacial score (nSPS) is 10.9. The number of para-hydroxylation sites is 1. The summed E-state index contributed by atoms with van der Waals surface area (Å²) in [4.78, 5) is 9.09. The van der Waals surface area contributed by atoms with Crippen molar-refractivity contribution >= 4 is 29.5 Å². The van der Waals surface area contributed by atoms with Crippen LogP contribution in [0.15, 0.2) is 52.5 Å². The van der Waals surface area contributed by atoms with E-state index in [9.17, 15) is 10.5 Å². The van der Waals surface area contributed by atoms with E-state index in [1.54, 1.807) is 24.3 Å². The first-order valence-electron chi connectivity index (χ1n) is 11.1. The van der Waals surface area contributed by atoms with Gasteiger partial charge in [0.15, 0.2) is 0 Å². The van der Waals surface area contributed by atoms with Gasteiger partial charge in [0.25, 0.3) is 0 Å². The number of ether oxygens (including phenoxy) is 1. The lowest BCUT2D eigenvalue weighted by molar-refractivity contribution is 0.201. The molecule has 0 spiro atoms. The van der Waals surface area contributed by atoms with Crippen molar-refractivity contribution in [3.8, 4) is 29.0 Å². The fourth-order valence-corrected chi connectivity index (χ4v) is 4.44. The molecule has 0 aliphatic heterocycles. The monoisotopic (exact) mass is 485 g/mol. The number of aliphatic imine (C=N–C) groups is 1. The summed E-state index contributed by atoms with van der Waals surface area (Å²) in [6.45, 7) is 6.26. The van der Waals surface area contributed by atoms with E-state index in [1.807, 2.05) is 31.3 Å². The standard InChI is InChI=1S/C27H27N5O2S/c1-17(2)15-31-25-18(3)5-4-6-20(25)16-35-27-23(14-29)24(22(13-28)26(30)32-27)19-7-9-21(10-8-19)34-12-11-33/h4-10,15,17,33H,11-12,16H2,1-3H3,(H2,30,32). The van der Waals surface area contributed by atoms with Crippen molar-refractivity contribution in [2.75, 3.05) is 18.9 Å². The van der Waals surface area contributed by atoms with E-state index in [0.717, 1.165) is 16.8 Å². The van der Waals surface area contributed by atoms with E-state index < -0.39 is 0 Å². The van der Waals surface area contributed by atoms with Gasteiger partial charge in [0.2, 0.25) is 0 Å². The first kappa shape index (κ1) is 25.8. The van der Waals surface area contributed by atoms with Crippen LogP contribution in [0, 0.1) is 35.5 Å². The maximum absolute atomic E-state index is 10.1. The molecule has 8 heteroatoms. The summed E-state index contributed by atoms with van der Waals surface area (Å²) >= 11 is 1.39. The number of hydrogen-bond donors (Lipinski definition) is 2. The summed E-state index contributed by atoms with van der Waals surface area (Å²) in [5.41, 5.74) is 10.7. The molecule has 2 aromatic carbocycles. The predicted molar refractivity (Wildman–Crippen MR) is 140 cm³/mol. The van der Waals surface area contributed by atoms with Crippen molar-refractivity contribution in [2.24, 2.45) is 10.9 Å². The molecule has 0 fully saturated rings. The number of aliphatic hydroxyl groups excluding tert-OH is 1. The van der Waals surface area contributed by atoms with Crippen molar-refractivity contribution in [1.82, 2.24) is 4.98 Å². The number of nitrogen functional groups attached to an aromatic ring is 1. The second-order valence-electron chi connectivity index (χ2n) is 8.14. The summed E-state index contributed by atoms with van der Waals surface area (Å²) in [6, 6.07) is 17.3. The molecule has 178 valence electrons. The number of nitrogens with zero attached hydrogens (tertiary/aromatic N) is 4. The van der Waals surface area contributed by atoms with Crippen LogP contribution in [0.2, 0.25) is 0 Å². The van der Waals surface area contributed by atoms with Crippen LogP contribution < -0.4 is 10.5 Å². The van der Waals surface area contributed by atoms with Gasteiger partial charge < -0.3 is 15.6 Å². The molecule has 0 aliphatic rings. The van der Waals surface area contributed by atoms with Gasteiger partial charge >= 0.3 is 0 Å². The van der Waals surface area contributed by atoms with E-state index >= 15 is 0 Å². The molecule has 7 nitrogen and oxygen atoms in total. The summed E-state index contributed by atoms with van der Waals surface area (Å²) < 4.78 is 5.42. The smallest absolute Gasteiger partial charge is 0.143 e. The molecule has 0 radical (unpaired) electrons. The molecular weight excluding hydrogens is 458 g/mol. The number of nitriles is 2. The van der Waals surface area contributed by atoms with Crippen LogP contribution in [0.4, 0.5) is 11.5 Å². The summed E-state index contributed by atoms with van der Waals surface area (Å²) in [7, 11) is 0. The largest absolute Gasteiger partial charge is 0.491 e. The molecule has 0 amide bonds. The second-order valence-corrected chi connectivity index (χ2v) is 9.10. The lowest BCUT2D eigenvalue weighted by Gasteiger charge is -2.14. The van der Waals surface area contributed by atoms with Gasteiger partial charge in [-0.3, -0.25) is 4.99 Å². The summed E-state index contributed by atoms with van der Waals surface area (Å²) in [6.07, 6.45) is 1.92. The molecular formula is C27H27N5O2S. The third-order valence-corrected chi connectivity index (χ3v) is 6.13. The number of benzene rings is 2. The van der Waals surface area contributed by atoms with E-state index in [1.165, 1.54) is 11.8 Å². The molecule has 1 heterocycles. The molecule has 35 heavy (non-hydrogen) atoms. The maximum atomic E-state index is 10.1. The Morgan fingerprint density at radius 3 is 2.49 bits per heavy atom. The zero-order chi connectivity index (χ0) is 25.4. The SMILES string of the molecule is Cc1cccc(CSc2nc(N)c(C#N)c(-c3ccc(OCCO)cc3)c2C#N)c1N=CC(C)C. The lowest BCUT2D eigenvalue weighted by Crippen LogP contribution is -2.04. The Kier molecular flexibility index (Phi) is 8.86. The third kappa shape index (κ3) is 6.19. The van der Waals surface area contributed by atoms with Crippen molar-refractivity contribution in [3.63, 3.8) is 0 Å². The molecule has 1 aromatic heterocycles. The molecule has 0 saturated heterocycles. The van der Waals surface area contributed by atoms with E-state index in [0.29, 0.717) is 39.1 Å². The van der Waals surface area contributed by atoms with Gasteiger partial charge in [0.05, 0.1) is 17.9 Å². The maximum Gasteiger partial charge on any atom is 0.143 e. The number of rotatable bonds is 9. The van der Waals surface area contributed by atoms with Crippen LogP contribution in [-0.2, 0) is 5.75 Å². The first-order chi connectivity index (χ1) is 16.9. The molecule has 0 aliphatic carbocycles. The Labute approximate surface area is 209 Å². The first-order valence-corrected chi connectivity index (χ1v) is 12.1. The van der Waals surface area contributed by atoms with Gasteiger partial charge in [0, 0.05) is 17.5 Å². The third-order valence-electron chi connectivity index (χ3n) is 5.11. The molecule has 0 unspecified atom stereocenters. The van der Waals surface area contributed by atoms with Gasteiger partial charge in [-0.25, -0.2) is 4.98 Å². The number of aliphatic hydroxyl groups is 1. The van der Waals surface area contributed by atoms with Crippen molar-refractivity contribution in [3.05, 3.63) is 64.7 Å². The zero-order valence-corrected chi connectivity index (χ0v) is 20.8. The van der Waals surface area contributed by atoms with Gasteiger partial charge in [0.1, 0.15) is 40.9 Å². The van der Waals surface area contributed by atoms with Crippen molar-refractivity contribution < 1.29 is 9.84 Å². The number of thioether (sulfide) groups is 1. The minimum atomic E-state index is -0.0914. The van der Waals surface area contributed by atoms with Crippen LogP contribution in [0.3, 0.4) is 0 Å². The van der Waals surface area contributed by atoms with Gasteiger partial charge in [-0.15, -0.1) is 11.8 Å². The van der Waals surface area contributed by atoms with Crippen LogP contribution in [-0.4, -0.2) is 29.5 Å². The topological polar surface area (TPSA) is 128 Å². The van der Waals surface area contributed by atoms with Gasteiger partial charge in [-0.1, -0.05) is 44.2 Å². The summed E-state index contributed by atoms with van der Waals surface area (Å²) in [5.74, 6) is 1.51. The molecule has 0 bridgehead atoms. The van der Waals surface area contributed by atoms with Gasteiger partial charge in [-0.05, 0) is 41.7 Å². The summed E-state index contributed by atoms with van der Waals surface area (Å²) in [5, 5.41) is 29.2. The minimum Gasteiger partial charge on any atom is -0.491 e. The highest BCUT2D eigenvalue weighted by Crippen LogP contribution is 2.38. The minimum absolute atomic E-state index is 0.0758. The highest BCUT2D eigenvalue weighted by atomic mass is 32.2. The van der Waals surface area contributed by atoms with E-state index in [4.69, 9.17) is 15.6 Å². The Balaban J connectivity index is 2.02. The van der Waals surface area contributed by atoms with E-state index in [-0.39, 0.29) is 24.6 Å². The number of anilines is 1. The highest BCUT2D eigenvalue weighted by molar-refractivity contribution is 7.98. The molecule has 3 N–H and O–H groups in total. The Bertz CT molecular complexity index is 1310. The van der Waals surface area contributed by atoms with Crippen LogP contribution in [0.1, 0.15) is 36.1 Å². The highest BCUT2D eigenvalue weighted by Gasteiger charge is 2.21. The lowest BCUT2D eigenvalue weighted by atomic mass is 9.97. The Morgan fingerprint density at radius 1 is 1.14 bits per heavy atom. The average molecular weight is 486 g/mol. The van der Waals surface area contributed by atoms with E-state index in [2.05, 4.69) is 36.0 Å². The Morgan fingerprint density at radius 2 is 1.86 bits per heavy atom. The van der Waals surface area contributed by atoms with Crippen molar-refractivity contribution in [1.29, 1.82) is 10.5 Å². The Hall–Kier alpha value is -3.85. The van der Waals surface area contributed by atoms with Crippen LogP contribution in [0.5, 0.6) is 5.75 Å². The van der Waals surface area contributed by atoms with Crippen molar-refractivity contribution in [2.45, 2.75) is 31.6 Å². The number of aryl methyl sites for hydroxylation is 1. The molecule has 3 aromatic rings. The molecule has 3 rings (SSSR count). The second kappa shape index (κ2) is 12.0. The number of hydrogen-bond acceptors (Lipinski definition) is 8. The predicted octanol–water partition coefficient (Wildman–Crippen LogP) is 5.40. The fraction of sp³-hybridized carbons (Fsp3) is 0.259. The number of pyridine rings is 1. The quantitative estimate of drug-likeness (QED) is 0.306. The molecule has 0 atom stereocenters. The van der Waals surface area contributed by atoms with Crippen LogP contribution in [0.25, 0.3) is 11.1 Å². The fourth-order valence-electron chi connectivity index (χ4n) is 3.46. The zero-order valence-electron chi connectivity index (χ0n) is 19.9. The van der Waals surface area contributed by atoms with Crippen LogP contribution >= 0.6 is 11.8 Å².